The van der Waals surface area contributed by atoms with Crippen LogP contribution in [0.1, 0.15) is 28.4 Å². The van der Waals surface area contributed by atoms with Crippen molar-refractivity contribution in [2.45, 2.75) is 12.5 Å². The summed E-state index contributed by atoms with van der Waals surface area (Å²) in [5.41, 5.74) is 0.760. The zero-order chi connectivity index (χ0) is 15.3. The van der Waals surface area contributed by atoms with Crippen molar-refractivity contribution in [2.24, 2.45) is 0 Å². The second-order valence-corrected chi connectivity index (χ2v) is 5.00. The lowest BCUT2D eigenvalue weighted by atomic mass is 9.92. The molecule has 0 heterocycles. The Labute approximate surface area is 123 Å². The first-order chi connectivity index (χ1) is 10.1. The van der Waals surface area contributed by atoms with E-state index in [-0.39, 0.29) is 12.5 Å². The number of nitrogens with one attached hydrogen (secondary N) is 1. The van der Waals surface area contributed by atoms with Crippen LogP contribution in [-0.2, 0) is 5.54 Å². The molecule has 2 aromatic carbocycles. The molecule has 0 aliphatic carbocycles. The zero-order valence-electron chi connectivity index (χ0n) is 11.7. The van der Waals surface area contributed by atoms with Gasteiger partial charge in [0.1, 0.15) is 0 Å². The molecule has 0 spiro atoms. The third-order valence-electron chi connectivity index (χ3n) is 3.37. The molecule has 0 fully saturated rings. The van der Waals surface area contributed by atoms with E-state index in [0.717, 1.165) is 5.56 Å². The number of benzene rings is 2. The quantitative estimate of drug-likeness (QED) is 0.901. The van der Waals surface area contributed by atoms with E-state index in [9.17, 15) is 9.90 Å². The van der Waals surface area contributed by atoms with Crippen LogP contribution in [0, 0.1) is 11.3 Å². The van der Waals surface area contributed by atoms with Crippen LogP contribution >= 0.6 is 0 Å². The highest BCUT2D eigenvalue weighted by Crippen LogP contribution is 2.20. The Kier molecular flexibility index (Phi) is 4.36. The smallest absolute Gasteiger partial charge is 0.252 e. The van der Waals surface area contributed by atoms with Gasteiger partial charge < -0.3 is 10.4 Å². The van der Waals surface area contributed by atoms with Crippen LogP contribution in [0.4, 0.5) is 0 Å². The second-order valence-electron chi connectivity index (χ2n) is 5.00. The lowest BCUT2D eigenvalue weighted by Gasteiger charge is -2.29. The van der Waals surface area contributed by atoms with Gasteiger partial charge in [0, 0.05) is 5.56 Å². The Hall–Kier alpha value is -2.64. The minimum atomic E-state index is -0.874. The maximum absolute atomic E-state index is 12.3. The molecule has 0 bridgehead atoms. The molecule has 1 atom stereocenters. The van der Waals surface area contributed by atoms with Crippen LogP contribution in [0.2, 0.25) is 0 Å². The average molecular weight is 280 g/mol. The predicted octanol–water partition coefficient (Wildman–Crippen LogP) is 2.20. The van der Waals surface area contributed by atoms with E-state index < -0.39 is 5.54 Å². The summed E-state index contributed by atoms with van der Waals surface area (Å²) in [5.74, 6) is -0.326. The van der Waals surface area contributed by atoms with Crippen LogP contribution in [-0.4, -0.2) is 17.6 Å². The molecule has 0 saturated heterocycles. The summed E-state index contributed by atoms with van der Waals surface area (Å²) in [6.45, 7) is 1.54. The van der Waals surface area contributed by atoms with Crippen molar-refractivity contribution in [3.8, 4) is 6.07 Å². The molecule has 106 valence electrons. The highest BCUT2D eigenvalue weighted by atomic mass is 16.3. The third-order valence-corrected chi connectivity index (χ3v) is 3.37. The number of carbonyl (C=O) groups excluding carboxylic acids is 1. The van der Waals surface area contributed by atoms with Crippen molar-refractivity contribution in [3.05, 3.63) is 71.3 Å². The Morgan fingerprint density at radius 3 is 2.57 bits per heavy atom. The normalized spacial score (nSPS) is 13.0. The Bertz CT molecular complexity index is 677. The van der Waals surface area contributed by atoms with Gasteiger partial charge in [-0.05, 0) is 30.7 Å². The van der Waals surface area contributed by atoms with Crippen molar-refractivity contribution in [3.63, 3.8) is 0 Å². The van der Waals surface area contributed by atoms with E-state index >= 15 is 0 Å². The van der Waals surface area contributed by atoms with Gasteiger partial charge in [0.15, 0.2) is 0 Å². The molecule has 4 heteroatoms. The number of nitriles is 1. The Morgan fingerprint density at radius 2 is 1.95 bits per heavy atom. The van der Waals surface area contributed by atoms with Crippen molar-refractivity contribution < 1.29 is 9.90 Å². The molecule has 21 heavy (non-hydrogen) atoms. The van der Waals surface area contributed by atoms with Crippen LogP contribution in [0.3, 0.4) is 0 Å². The number of hydrogen-bond acceptors (Lipinski definition) is 3. The highest BCUT2D eigenvalue weighted by molar-refractivity contribution is 5.95. The average Bonchev–Trinajstić information content (AvgIpc) is 2.55. The summed E-state index contributed by atoms with van der Waals surface area (Å²) >= 11 is 0. The SMILES string of the molecule is CC(CO)(NC(=O)c1cccc(C#N)c1)c1ccccc1. The number of rotatable bonds is 4. The van der Waals surface area contributed by atoms with Gasteiger partial charge in [-0.2, -0.15) is 5.26 Å². The van der Waals surface area contributed by atoms with E-state index in [1.54, 1.807) is 25.1 Å². The minimum absolute atomic E-state index is 0.222. The monoisotopic (exact) mass is 280 g/mol. The maximum Gasteiger partial charge on any atom is 0.252 e. The molecular weight excluding hydrogens is 264 g/mol. The first-order valence-electron chi connectivity index (χ1n) is 6.58. The molecule has 4 nitrogen and oxygen atoms in total. The van der Waals surface area contributed by atoms with Gasteiger partial charge in [-0.15, -0.1) is 0 Å². The molecule has 2 N–H and O–H groups in total. The molecule has 0 aromatic heterocycles. The Morgan fingerprint density at radius 1 is 1.24 bits per heavy atom. The summed E-state index contributed by atoms with van der Waals surface area (Å²) in [5, 5.41) is 21.4. The fourth-order valence-corrected chi connectivity index (χ4v) is 2.06. The van der Waals surface area contributed by atoms with Crippen LogP contribution < -0.4 is 5.32 Å². The summed E-state index contributed by atoms with van der Waals surface area (Å²) in [6, 6.07) is 17.7. The lowest BCUT2D eigenvalue weighted by molar-refractivity contribution is 0.0849. The highest BCUT2D eigenvalue weighted by Gasteiger charge is 2.28. The van der Waals surface area contributed by atoms with Crippen molar-refractivity contribution in [2.75, 3.05) is 6.61 Å². The van der Waals surface area contributed by atoms with E-state index in [1.165, 1.54) is 6.07 Å². The summed E-state index contributed by atoms with van der Waals surface area (Å²) in [6.07, 6.45) is 0. The van der Waals surface area contributed by atoms with Gasteiger partial charge in [0.25, 0.3) is 5.91 Å². The van der Waals surface area contributed by atoms with Gasteiger partial charge >= 0.3 is 0 Å². The summed E-state index contributed by atoms with van der Waals surface area (Å²) in [7, 11) is 0. The summed E-state index contributed by atoms with van der Waals surface area (Å²) in [4.78, 5) is 12.3. The summed E-state index contributed by atoms with van der Waals surface area (Å²) < 4.78 is 0. The fraction of sp³-hybridized carbons (Fsp3) is 0.176. The number of carbonyl (C=O) groups is 1. The van der Waals surface area contributed by atoms with Crippen molar-refractivity contribution >= 4 is 5.91 Å². The standard InChI is InChI=1S/C17H16N2O2/c1-17(12-20,15-8-3-2-4-9-15)19-16(21)14-7-5-6-13(10-14)11-18/h2-10,20H,12H2,1H3,(H,19,21). The first kappa shape index (κ1) is 14.8. The number of aliphatic hydroxyl groups is 1. The van der Waals surface area contributed by atoms with E-state index in [2.05, 4.69) is 5.32 Å². The van der Waals surface area contributed by atoms with E-state index in [0.29, 0.717) is 11.1 Å². The predicted molar refractivity (Wildman–Crippen MR) is 79.5 cm³/mol. The molecule has 2 aromatic rings. The molecule has 0 aliphatic rings. The van der Waals surface area contributed by atoms with E-state index in [1.807, 2.05) is 36.4 Å². The van der Waals surface area contributed by atoms with Crippen LogP contribution in [0.15, 0.2) is 54.6 Å². The third kappa shape index (κ3) is 3.28. The number of nitrogens with zero attached hydrogens (tertiary/aromatic N) is 1. The van der Waals surface area contributed by atoms with Gasteiger partial charge in [0.05, 0.1) is 23.8 Å². The molecular formula is C17H16N2O2. The fourth-order valence-electron chi connectivity index (χ4n) is 2.06. The molecule has 0 aliphatic heterocycles. The Balaban J connectivity index is 2.26. The van der Waals surface area contributed by atoms with Gasteiger partial charge in [-0.25, -0.2) is 0 Å². The lowest BCUT2D eigenvalue weighted by Crippen LogP contribution is -2.46. The van der Waals surface area contributed by atoms with Gasteiger partial charge in [-0.3, -0.25) is 4.79 Å². The van der Waals surface area contributed by atoms with Gasteiger partial charge in [-0.1, -0.05) is 36.4 Å². The van der Waals surface area contributed by atoms with Crippen LogP contribution in [0.25, 0.3) is 0 Å². The largest absolute Gasteiger partial charge is 0.394 e. The molecule has 1 amide bonds. The van der Waals surface area contributed by atoms with Crippen molar-refractivity contribution in [1.82, 2.24) is 5.32 Å². The molecule has 1 unspecified atom stereocenters. The van der Waals surface area contributed by atoms with E-state index in [4.69, 9.17) is 5.26 Å². The molecule has 0 saturated carbocycles. The topological polar surface area (TPSA) is 73.1 Å². The number of amides is 1. The number of hydrogen-bond donors (Lipinski definition) is 2. The zero-order valence-corrected chi connectivity index (χ0v) is 11.7. The van der Waals surface area contributed by atoms with Crippen LogP contribution in [0.5, 0.6) is 0 Å². The van der Waals surface area contributed by atoms with Crippen molar-refractivity contribution in [1.29, 1.82) is 5.26 Å². The molecule has 0 radical (unpaired) electrons. The maximum atomic E-state index is 12.3. The minimum Gasteiger partial charge on any atom is -0.394 e. The second kappa shape index (κ2) is 6.21. The molecule has 2 rings (SSSR count). The van der Waals surface area contributed by atoms with Gasteiger partial charge in [0.2, 0.25) is 0 Å². The first-order valence-corrected chi connectivity index (χ1v) is 6.58. The number of aliphatic hydroxyl groups excluding tert-OH is 1.